The van der Waals surface area contributed by atoms with Crippen molar-refractivity contribution in [2.45, 2.75) is 44.7 Å². The van der Waals surface area contributed by atoms with Crippen molar-refractivity contribution in [2.75, 3.05) is 19.6 Å². The second kappa shape index (κ2) is 6.99. The number of carbonyl (C=O) groups excluding carboxylic acids is 4. The van der Waals surface area contributed by atoms with E-state index in [0.717, 1.165) is 23.6 Å². The highest BCUT2D eigenvalue weighted by Gasteiger charge is 2.48. The first-order valence-corrected chi connectivity index (χ1v) is 10.7. The summed E-state index contributed by atoms with van der Waals surface area (Å²) in [6.45, 7) is 3.42. The molecule has 1 aromatic carbocycles. The van der Waals surface area contributed by atoms with Gasteiger partial charge in [0, 0.05) is 26.1 Å². The van der Waals surface area contributed by atoms with Crippen molar-refractivity contribution in [2.24, 2.45) is 17.1 Å². The molecule has 1 aromatic rings. The molecule has 8 nitrogen and oxygen atoms in total. The van der Waals surface area contributed by atoms with Gasteiger partial charge in [0.2, 0.25) is 11.8 Å². The zero-order chi connectivity index (χ0) is 21.0. The highest BCUT2D eigenvalue weighted by Crippen LogP contribution is 2.48. The van der Waals surface area contributed by atoms with E-state index in [2.05, 4.69) is 10.2 Å². The van der Waals surface area contributed by atoms with Gasteiger partial charge >= 0.3 is 0 Å². The van der Waals surface area contributed by atoms with Crippen LogP contribution >= 0.6 is 0 Å². The molecule has 0 aromatic heterocycles. The number of imide groups is 2. The standard InChI is InChI=1S/C22H26N4O4/c23-11-22-7-1-2-14(22)10-25(12-22)9-13-3-4-15-16(8-13)21(30)26(20(15)29)17-5-6-18(27)24-19(17)28/h3-4,8,14,17H,1-2,5-7,9-12,23H2,(H,24,27,28)/t14-,17?,22-/m0/s1. The van der Waals surface area contributed by atoms with Crippen LogP contribution in [0.1, 0.15) is 58.4 Å². The minimum Gasteiger partial charge on any atom is -0.330 e. The maximum absolute atomic E-state index is 13.0. The number of rotatable bonds is 4. The van der Waals surface area contributed by atoms with Gasteiger partial charge in [0.15, 0.2) is 0 Å². The fourth-order valence-corrected chi connectivity index (χ4v) is 5.85. The zero-order valence-electron chi connectivity index (χ0n) is 16.9. The van der Waals surface area contributed by atoms with Crippen LogP contribution in [-0.2, 0) is 16.1 Å². The highest BCUT2D eigenvalue weighted by molar-refractivity contribution is 6.23. The Kier molecular flexibility index (Phi) is 4.52. The molecule has 1 unspecified atom stereocenters. The molecule has 0 spiro atoms. The Morgan fingerprint density at radius 1 is 1.10 bits per heavy atom. The van der Waals surface area contributed by atoms with E-state index >= 15 is 0 Å². The van der Waals surface area contributed by atoms with Crippen molar-refractivity contribution < 1.29 is 19.2 Å². The second-order valence-corrected chi connectivity index (χ2v) is 9.15. The molecule has 30 heavy (non-hydrogen) atoms. The number of nitrogens with zero attached hydrogens (tertiary/aromatic N) is 2. The predicted octanol–water partition coefficient (Wildman–Crippen LogP) is 0.649. The number of nitrogens with one attached hydrogen (secondary N) is 1. The van der Waals surface area contributed by atoms with Crippen LogP contribution in [0.25, 0.3) is 0 Å². The number of hydrogen-bond acceptors (Lipinski definition) is 6. The van der Waals surface area contributed by atoms with Crippen molar-refractivity contribution in [1.82, 2.24) is 15.1 Å². The molecule has 3 N–H and O–H groups in total. The summed E-state index contributed by atoms with van der Waals surface area (Å²) in [5, 5.41) is 2.22. The molecule has 8 heteroatoms. The number of carbonyl (C=O) groups is 4. The SMILES string of the molecule is NC[C@]12CCC[C@H]1CN(Cc1ccc3c(c1)C(=O)N(C1CCC(=O)NC1=O)C3=O)C2. The summed E-state index contributed by atoms with van der Waals surface area (Å²) < 4.78 is 0. The molecule has 3 aliphatic heterocycles. The van der Waals surface area contributed by atoms with E-state index in [0.29, 0.717) is 30.1 Å². The van der Waals surface area contributed by atoms with Gasteiger partial charge in [-0.3, -0.25) is 34.3 Å². The summed E-state index contributed by atoms with van der Waals surface area (Å²) in [5.41, 5.74) is 7.98. The molecule has 3 fully saturated rings. The van der Waals surface area contributed by atoms with E-state index in [1.54, 1.807) is 12.1 Å². The molecule has 4 amide bonds. The van der Waals surface area contributed by atoms with Crippen LogP contribution in [0.5, 0.6) is 0 Å². The molecule has 5 rings (SSSR count). The van der Waals surface area contributed by atoms with Crippen molar-refractivity contribution in [3.8, 4) is 0 Å². The van der Waals surface area contributed by atoms with E-state index in [9.17, 15) is 19.2 Å². The van der Waals surface area contributed by atoms with E-state index in [1.807, 2.05) is 6.07 Å². The number of piperidine rings is 1. The monoisotopic (exact) mass is 410 g/mol. The summed E-state index contributed by atoms with van der Waals surface area (Å²) in [6, 6.07) is 4.43. The lowest BCUT2D eigenvalue weighted by atomic mass is 9.81. The molecule has 1 aliphatic carbocycles. The number of hydrogen-bond donors (Lipinski definition) is 2. The molecule has 4 aliphatic rings. The molecule has 0 bridgehead atoms. The van der Waals surface area contributed by atoms with Crippen molar-refractivity contribution in [3.05, 3.63) is 34.9 Å². The average molecular weight is 410 g/mol. The topological polar surface area (TPSA) is 113 Å². The fraction of sp³-hybridized carbons (Fsp3) is 0.545. The van der Waals surface area contributed by atoms with Crippen LogP contribution in [0.15, 0.2) is 18.2 Å². The van der Waals surface area contributed by atoms with Gasteiger partial charge in [-0.05, 0) is 54.8 Å². The number of benzene rings is 1. The third-order valence-corrected chi connectivity index (χ3v) is 7.43. The Labute approximate surface area is 174 Å². The molecule has 3 heterocycles. The molecule has 2 saturated heterocycles. The van der Waals surface area contributed by atoms with Crippen molar-refractivity contribution in [1.29, 1.82) is 0 Å². The highest BCUT2D eigenvalue weighted by atomic mass is 16.2. The minimum atomic E-state index is -0.930. The van der Waals surface area contributed by atoms with Gasteiger partial charge < -0.3 is 5.73 Å². The number of amides is 4. The normalized spacial score (nSPS) is 31.3. The Hall–Kier alpha value is -2.58. The van der Waals surface area contributed by atoms with Crippen molar-refractivity contribution in [3.63, 3.8) is 0 Å². The Balaban J connectivity index is 1.34. The first-order valence-electron chi connectivity index (χ1n) is 10.7. The quantitative estimate of drug-likeness (QED) is 0.705. The van der Waals surface area contributed by atoms with E-state index < -0.39 is 23.8 Å². The lowest BCUT2D eigenvalue weighted by Gasteiger charge is -2.27. The van der Waals surface area contributed by atoms with E-state index in [1.165, 1.54) is 19.3 Å². The van der Waals surface area contributed by atoms with Gasteiger partial charge in [0.1, 0.15) is 6.04 Å². The second-order valence-electron chi connectivity index (χ2n) is 9.15. The number of likely N-dealkylation sites (tertiary alicyclic amines) is 1. The third-order valence-electron chi connectivity index (χ3n) is 7.43. The molecular formula is C22H26N4O4. The van der Waals surface area contributed by atoms with Gasteiger partial charge in [0.05, 0.1) is 11.1 Å². The van der Waals surface area contributed by atoms with Crippen LogP contribution in [-0.4, -0.2) is 59.1 Å². The van der Waals surface area contributed by atoms with Gasteiger partial charge in [-0.25, -0.2) is 0 Å². The Morgan fingerprint density at radius 3 is 2.63 bits per heavy atom. The third kappa shape index (κ3) is 2.89. The minimum absolute atomic E-state index is 0.119. The molecule has 1 saturated carbocycles. The summed E-state index contributed by atoms with van der Waals surface area (Å²) in [5.74, 6) is -1.24. The summed E-state index contributed by atoms with van der Waals surface area (Å²) in [4.78, 5) is 52.8. The molecule has 0 radical (unpaired) electrons. The maximum atomic E-state index is 13.0. The number of nitrogens with two attached hydrogens (primary N) is 1. The summed E-state index contributed by atoms with van der Waals surface area (Å²) >= 11 is 0. The molecular weight excluding hydrogens is 384 g/mol. The summed E-state index contributed by atoms with van der Waals surface area (Å²) in [7, 11) is 0. The fourth-order valence-electron chi connectivity index (χ4n) is 5.85. The average Bonchev–Trinajstić information content (AvgIpc) is 3.33. The largest absolute Gasteiger partial charge is 0.330 e. The molecule has 158 valence electrons. The first-order chi connectivity index (χ1) is 14.4. The van der Waals surface area contributed by atoms with Gasteiger partial charge in [-0.15, -0.1) is 0 Å². The van der Waals surface area contributed by atoms with Gasteiger partial charge in [-0.2, -0.15) is 0 Å². The summed E-state index contributed by atoms with van der Waals surface area (Å²) in [6.07, 6.45) is 3.95. The smallest absolute Gasteiger partial charge is 0.262 e. The van der Waals surface area contributed by atoms with Crippen molar-refractivity contribution >= 4 is 23.6 Å². The van der Waals surface area contributed by atoms with Crippen LogP contribution in [0.4, 0.5) is 0 Å². The lowest BCUT2D eigenvalue weighted by Crippen LogP contribution is -2.54. The van der Waals surface area contributed by atoms with E-state index in [-0.39, 0.29) is 24.2 Å². The van der Waals surface area contributed by atoms with Gasteiger partial charge in [0.25, 0.3) is 11.8 Å². The first kappa shape index (κ1) is 19.4. The van der Waals surface area contributed by atoms with Gasteiger partial charge in [-0.1, -0.05) is 12.5 Å². The van der Waals surface area contributed by atoms with Crippen LogP contribution < -0.4 is 11.1 Å². The van der Waals surface area contributed by atoms with E-state index in [4.69, 9.17) is 5.73 Å². The Bertz CT molecular complexity index is 960. The van der Waals surface area contributed by atoms with Crippen LogP contribution in [0.3, 0.4) is 0 Å². The zero-order valence-corrected chi connectivity index (χ0v) is 16.9. The maximum Gasteiger partial charge on any atom is 0.262 e. The predicted molar refractivity (Wildman–Crippen MR) is 107 cm³/mol. The lowest BCUT2D eigenvalue weighted by molar-refractivity contribution is -0.136. The Morgan fingerprint density at radius 2 is 1.90 bits per heavy atom. The molecule has 3 atom stereocenters. The van der Waals surface area contributed by atoms with Crippen LogP contribution in [0, 0.1) is 11.3 Å². The van der Waals surface area contributed by atoms with Crippen LogP contribution in [0.2, 0.25) is 0 Å². The number of fused-ring (bicyclic) bond motifs is 2.